The zero-order valence-electron chi connectivity index (χ0n) is 14.5. The molecule has 5 heteroatoms. The number of carbonyl (C=O) groups excluding carboxylic acids is 1. The molecular formula is C20H24N2O2S. The monoisotopic (exact) mass is 356 g/mol. The molecule has 0 bridgehead atoms. The summed E-state index contributed by atoms with van der Waals surface area (Å²) in [5.74, 6) is 2.74. The number of rotatable bonds is 9. The highest BCUT2D eigenvalue weighted by molar-refractivity contribution is 7.99. The van der Waals surface area contributed by atoms with Crippen molar-refractivity contribution in [3.05, 3.63) is 59.3 Å². The molecule has 0 atom stereocenters. The third-order valence-electron chi connectivity index (χ3n) is 4.04. The van der Waals surface area contributed by atoms with Gasteiger partial charge in [-0.15, -0.1) is 11.8 Å². The molecule has 0 spiro atoms. The fraction of sp³-hybridized carbons (Fsp3) is 0.400. The first-order valence-electron chi connectivity index (χ1n) is 8.67. The van der Waals surface area contributed by atoms with Crippen molar-refractivity contribution in [3.8, 4) is 5.88 Å². The van der Waals surface area contributed by atoms with Gasteiger partial charge in [-0.25, -0.2) is 4.98 Å². The van der Waals surface area contributed by atoms with Gasteiger partial charge in [-0.2, -0.15) is 0 Å². The molecule has 25 heavy (non-hydrogen) atoms. The molecule has 0 radical (unpaired) electrons. The number of nitrogens with zero attached hydrogens (tertiary/aromatic N) is 1. The Morgan fingerprint density at radius 1 is 1.28 bits per heavy atom. The van der Waals surface area contributed by atoms with Crippen LogP contribution in [0.2, 0.25) is 0 Å². The summed E-state index contributed by atoms with van der Waals surface area (Å²) in [6.45, 7) is 3.35. The van der Waals surface area contributed by atoms with Crippen molar-refractivity contribution in [2.75, 3.05) is 12.4 Å². The number of pyridine rings is 1. The predicted octanol–water partition coefficient (Wildman–Crippen LogP) is 3.73. The van der Waals surface area contributed by atoms with Crippen molar-refractivity contribution in [2.24, 2.45) is 5.92 Å². The zero-order chi connectivity index (χ0) is 17.5. The molecule has 0 unspecified atom stereocenters. The molecular weight excluding hydrogens is 332 g/mol. The minimum atomic E-state index is 0.0479. The van der Waals surface area contributed by atoms with Crippen molar-refractivity contribution >= 4 is 17.7 Å². The Bertz CT molecular complexity index is 699. The standard InChI is InChI=1S/C20H24N2O2S/c1-15-3-2-4-17(9-15)13-25-14-19(23)21-10-18-7-8-20(22-11-18)24-12-16-5-6-16/h2-4,7-9,11,16H,5-6,10,12-14H2,1H3,(H,21,23). The number of nitrogens with one attached hydrogen (secondary N) is 1. The lowest BCUT2D eigenvalue weighted by atomic mass is 10.2. The lowest BCUT2D eigenvalue weighted by molar-refractivity contribution is -0.118. The molecule has 1 heterocycles. The van der Waals surface area contributed by atoms with Gasteiger partial charge < -0.3 is 10.1 Å². The number of carbonyl (C=O) groups is 1. The van der Waals surface area contributed by atoms with Crippen molar-refractivity contribution in [2.45, 2.75) is 32.1 Å². The summed E-state index contributed by atoms with van der Waals surface area (Å²) in [6, 6.07) is 12.2. The third kappa shape index (κ3) is 6.42. The van der Waals surface area contributed by atoms with Gasteiger partial charge in [0.05, 0.1) is 12.4 Å². The second kappa shape index (κ2) is 8.90. The maximum Gasteiger partial charge on any atom is 0.230 e. The Labute approximate surface area is 153 Å². The van der Waals surface area contributed by atoms with Gasteiger partial charge in [0.2, 0.25) is 11.8 Å². The summed E-state index contributed by atoms with van der Waals surface area (Å²) >= 11 is 1.63. The lowest BCUT2D eigenvalue weighted by Gasteiger charge is -2.07. The average Bonchev–Trinajstić information content (AvgIpc) is 3.44. The Kier molecular flexibility index (Phi) is 6.34. The van der Waals surface area contributed by atoms with E-state index in [0.717, 1.165) is 23.8 Å². The van der Waals surface area contributed by atoms with E-state index in [9.17, 15) is 4.79 Å². The molecule has 1 aromatic carbocycles. The molecule has 1 aromatic heterocycles. The summed E-state index contributed by atoms with van der Waals surface area (Å²) in [5, 5.41) is 2.94. The van der Waals surface area contributed by atoms with E-state index < -0.39 is 0 Å². The highest BCUT2D eigenvalue weighted by atomic mass is 32.2. The zero-order valence-corrected chi connectivity index (χ0v) is 15.3. The van der Waals surface area contributed by atoms with E-state index in [0.29, 0.717) is 18.2 Å². The van der Waals surface area contributed by atoms with Crippen molar-refractivity contribution in [3.63, 3.8) is 0 Å². The van der Waals surface area contributed by atoms with Crippen molar-refractivity contribution in [1.82, 2.24) is 10.3 Å². The van der Waals surface area contributed by atoms with E-state index in [-0.39, 0.29) is 5.91 Å². The van der Waals surface area contributed by atoms with Crippen LogP contribution in [0.15, 0.2) is 42.6 Å². The van der Waals surface area contributed by atoms with Gasteiger partial charge in [0.25, 0.3) is 0 Å². The maximum absolute atomic E-state index is 11.9. The normalized spacial score (nSPS) is 13.5. The van der Waals surface area contributed by atoms with E-state index in [2.05, 4.69) is 41.5 Å². The van der Waals surface area contributed by atoms with Crippen molar-refractivity contribution < 1.29 is 9.53 Å². The molecule has 2 aromatic rings. The molecule has 1 saturated carbocycles. The Balaban J connectivity index is 1.33. The van der Waals surface area contributed by atoms with Crippen LogP contribution >= 0.6 is 11.8 Å². The van der Waals surface area contributed by atoms with Crippen LogP contribution < -0.4 is 10.1 Å². The van der Waals surface area contributed by atoms with Crippen LogP contribution in [-0.2, 0) is 17.1 Å². The van der Waals surface area contributed by atoms with Crippen molar-refractivity contribution in [1.29, 1.82) is 0 Å². The highest BCUT2D eigenvalue weighted by Crippen LogP contribution is 2.29. The smallest absolute Gasteiger partial charge is 0.230 e. The lowest BCUT2D eigenvalue weighted by Crippen LogP contribution is -2.24. The van der Waals surface area contributed by atoms with E-state index in [4.69, 9.17) is 4.74 Å². The quantitative estimate of drug-likeness (QED) is 0.744. The van der Waals surface area contributed by atoms with Crippen LogP contribution in [0.25, 0.3) is 0 Å². The van der Waals surface area contributed by atoms with Crippen LogP contribution in [0.1, 0.15) is 29.5 Å². The van der Waals surface area contributed by atoms with E-state index in [1.54, 1.807) is 18.0 Å². The van der Waals surface area contributed by atoms with Gasteiger partial charge in [0.15, 0.2) is 0 Å². The van der Waals surface area contributed by atoms with Crippen LogP contribution in [0.3, 0.4) is 0 Å². The molecule has 1 N–H and O–H groups in total. The third-order valence-corrected chi connectivity index (χ3v) is 5.04. The molecule has 0 aliphatic heterocycles. The number of ether oxygens (including phenoxy) is 1. The average molecular weight is 356 g/mol. The fourth-order valence-corrected chi connectivity index (χ4v) is 3.21. The second-order valence-corrected chi connectivity index (χ2v) is 7.50. The minimum absolute atomic E-state index is 0.0479. The molecule has 132 valence electrons. The number of hydrogen-bond acceptors (Lipinski definition) is 4. The summed E-state index contributed by atoms with van der Waals surface area (Å²) in [6.07, 6.45) is 4.31. The molecule has 1 aliphatic rings. The molecule has 4 nitrogen and oxygen atoms in total. The number of aryl methyl sites for hydroxylation is 1. The first-order chi connectivity index (χ1) is 12.2. The Morgan fingerprint density at radius 3 is 2.88 bits per heavy atom. The Morgan fingerprint density at radius 2 is 2.16 bits per heavy atom. The first kappa shape index (κ1) is 17.8. The van der Waals surface area contributed by atoms with Crippen LogP contribution in [-0.4, -0.2) is 23.3 Å². The number of aromatic nitrogens is 1. The fourth-order valence-electron chi connectivity index (χ4n) is 2.40. The predicted molar refractivity (Wildman–Crippen MR) is 102 cm³/mol. The van der Waals surface area contributed by atoms with E-state index >= 15 is 0 Å². The van der Waals surface area contributed by atoms with Gasteiger partial charge in [-0.1, -0.05) is 35.9 Å². The molecule has 1 amide bonds. The molecule has 3 rings (SSSR count). The van der Waals surface area contributed by atoms with E-state index in [1.807, 2.05) is 12.1 Å². The first-order valence-corrected chi connectivity index (χ1v) is 9.82. The largest absolute Gasteiger partial charge is 0.477 e. The summed E-state index contributed by atoms with van der Waals surface area (Å²) in [5.41, 5.74) is 3.49. The number of thioether (sulfide) groups is 1. The summed E-state index contributed by atoms with van der Waals surface area (Å²) in [7, 11) is 0. The van der Waals surface area contributed by atoms with E-state index in [1.165, 1.54) is 24.0 Å². The molecule has 1 aliphatic carbocycles. The van der Waals surface area contributed by atoms with Gasteiger partial charge in [-0.3, -0.25) is 4.79 Å². The summed E-state index contributed by atoms with van der Waals surface area (Å²) < 4.78 is 5.61. The van der Waals surface area contributed by atoms with Crippen LogP contribution in [0.4, 0.5) is 0 Å². The maximum atomic E-state index is 11.9. The van der Waals surface area contributed by atoms with Crippen LogP contribution in [0, 0.1) is 12.8 Å². The second-order valence-electron chi connectivity index (χ2n) is 6.52. The highest BCUT2D eigenvalue weighted by Gasteiger charge is 2.22. The van der Waals surface area contributed by atoms with Gasteiger partial charge in [0.1, 0.15) is 0 Å². The summed E-state index contributed by atoms with van der Waals surface area (Å²) in [4.78, 5) is 16.2. The van der Waals surface area contributed by atoms with Gasteiger partial charge >= 0.3 is 0 Å². The topological polar surface area (TPSA) is 51.2 Å². The number of hydrogen-bond donors (Lipinski definition) is 1. The minimum Gasteiger partial charge on any atom is -0.477 e. The number of benzene rings is 1. The SMILES string of the molecule is Cc1cccc(CSCC(=O)NCc2ccc(OCC3CC3)nc2)c1. The molecule has 0 saturated heterocycles. The van der Waals surface area contributed by atoms with Gasteiger partial charge in [0, 0.05) is 24.6 Å². The van der Waals surface area contributed by atoms with Gasteiger partial charge in [-0.05, 0) is 36.8 Å². The van der Waals surface area contributed by atoms with Crippen LogP contribution in [0.5, 0.6) is 5.88 Å². The Hall–Kier alpha value is -2.01. The number of amides is 1. The molecule has 1 fully saturated rings.